The molecule has 0 spiro atoms. The maximum Gasteiger partial charge on any atom is 0.247 e. The van der Waals surface area contributed by atoms with Crippen molar-refractivity contribution in [2.24, 2.45) is 5.92 Å². The topological polar surface area (TPSA) is 0 Å². The van der Waals surface area contributed by atoms with Gasteiger partial charge in [0, 0.05) is 15.9 Å². The van der Waals surface area contributed by atoms with Crippen LogP contribution in [0.15, 0.2) is 0 Å². The summed E-state index contributed by atoms with van der Waals surface area (Å²) in [7, 11) is -2.84. The second-order valence-corrected chi connectivity index (χ2v) is 11.8. The summed E-state index contributed by atoms with van der Waals surface area (Å²) in [5, 5.41) is 0. The zero-order valence-electron chi connectivity index (χ0n) is 12.9. The summed E-state index contributed by atoms with van der Waals surface area (Å²) in [4.78, 5) is 0. The molecule has 0 nitrogen and oxygen atoms in total. The van der Waals surface area contributed by atoms with Crippen LogP contribution < -0.4 is 0 Å². The third kappa shape index (κ3) is 10.6. The highest BCUT2D eigenvalue weighted by atomic mass is 28.4. The van der Waals surface area contributed by atoms with Crippen LogP contribution in [0.1, 0.15) is 46.5 Å². The first-order valence-electron chi connectivity index (χ1n) is 7.90. The minimum absolute atomic E-state index is 0.0775. The second-order valence-electron chi connectivity index (χ2n) is 5.99. The maximum absolute atomic E-state index is 14.8. The number of rotatable bonds is 12. The van der Waals surface area contributed by atoms with Crippen molar-refractivity contribution in [1.29, 1.82) is 0 Å². The zero-order valence-corrected chi connectivity index (χ0v) is 15.3. The van der Waals surface area contributed by atoms with Gasteiger partial charge in [-0.2, -0.15) is 0 Å². The van der Waals surface area contributed by atoms with E-state index in [0.717, 1.165) is 49.5 Å². The Morgan fingerprint density at radius 3 is 2.00 bits per heavy atom. The average Bonchev–Trinajstić information content (AvgIpc) is 2.28. The van der Waals surface area contributed by atoms with Crippen molar-refractivity contribution in [1.82, 2.24) is 0 Å². The number of alkyl halides is 2. The lowest BCUT2D eigenvalue weighted by Gasteiger charge is -2.25. The van der Waals surface area contributed by atoms with Crippen molar-refractivity contribution in [3.05, 3.63) is 0 Å². The van der Waals surface area contributed by atoms with Gasteiger partial charge in [-0.25, -0.2) is 8.78 Å². The minimum Gasteiger partial charge on any atom is -0.314 e. The van der Waals surface area contributed by atoms with Crippen LogP contribution in [0.5, 0.6) is 0 Å². The van der Waals surface area contributed by atoms with Crippen molar-refractivity contribution in [2.45, 2.75) is 83.1 Å². The standard InChI is InChI=1S/C14H31F3Si2/c1-4-10-19(17,11-5-2)12-13(3)6-8-18-9-7-14(15)16/h13-14H,4-12,18H2,1-3H3. The number of hydrogen-bond donors (Lipinski definition) is 0. The lowest BCUT2D eigenvalue weighted by atomic mass is 10.2. The lowest BCUT2D eigenvalue weighted by molar-refractivity contribution is 0.144. The van der Waals surface area contributed by atoms with Crippen LogP contribution in [0.2, 0.25) is 30.2 Å². The van der Waals surface area contributed by atoms with Gasteiger partial charge in [-0.1, -0.05) is 52.1 Å². The van der Waals surface area contributed by atoms with E-state index in [0.29, 0.717) is 5.92 Å². The van der Waals surface area contributed by atoms with E-state index in [1.165, 1.54) is 0 Å². The molecule has 0 aliphatic heterocycles. The molecule has 0 bridgehead atoms. The molecule has 19 heavy (non-hydrogen) atoms. The van der Waals surface area contributed by atoms with Gasteiger partial charge in [0.15, 0.2) is 0 Å². The predicted octanol–water partition coefficient (Wildman–Crippen LogP) is 5.41. The van der Waals surface area contributed by atoms with Gasteiger partial charge in [0.05, 0.1) is 0 Å². The van der Waals surface area contributed by atoms with Gasteiger partial charge in [-0.3, -0.25) is 0 Å². The molecular formula is C14H31F3Si2. The third-order valence-corrected chi connectivity index (χ3v) is 9.77. The Morgan fingerprint density at radius 1 is 1.00 bits per heavy atom. The van der Waals surface area contributed by atoms with E-state index >= 15 is 0 Å². The first kappa shape index (κ1) is 19.2. The molecule has 0 amide bonds. The number of halogens is 3. The van der Waals surface area contributed by atoms with Crippen LogP contribution in [0.25, 0.3) is 0 Å². The van der Waals surface area contributed by atoms with Crippen LogP contribution in [0.3, 0.4) is 0 Å². The van der Waals surface area contributed by atoms with Crippen molar-refractivity contribution in [2.75, 3.05) is 0 Å². The van der Waals surface area contributed by atoms with Gasteiger partial charge in [0.25, 0.3) is 0 Å². The van der Waals surface area contributed by atoms with Crippen molar-refractivity contribution < 1.29 is 12.9 Å². The fourth-order valence-corrected chi connectivity index (χ4v) is 8.76. The molecule has 1 atom stereocenters. The molecule has 0 heterocycles. The van der Waals surface area contributed by atoms with Crippen LogP contribution in [0.4, 0.5) is 12.9 Å². The van der Waals surface area contributed by atoms with Crippen LogP contribution >= 0.6 is 0 Å². The van der Waals surface area contributed by atoms with E-state index < -0.39 is 14.8 Å². The normalized spacial score (nSPS) is 14.7. The molecular weight excluding hydrogens is 281 g/mol. The summed E-state index contributed by atoms with van der Waals surface area (Å²) in [6.07, 6.45) is 0.914. The molecule has 0 N–H and O–H groups in total. The Morgan fingerprint density at radius 2 is 1.53 bits per heavy atom. The molecule has 0 aromatic carbocycles. The lowest BCUT2D eigenvalue weighted by Crippen LogP contribution is -2.30. The highest BCUT2D eigenvalue weighted by molar-refractivity contribution is 6.73. The Labute approximate surface area is 120 Å². The van der Waals surface area contributed by atoms with E-state index in [9.17, 15) is 12.9 Å². The van der Waals surface area contributed by atoms with E-state index in [1.807, 2.05) is 0 Å². The molecule has 5 heteroatoms. The molecule has 0 saturated carbocycles. The van der Waals surface area contributed by atoms with Gasteiger partial charge in [0.1, 0.15) is 0 Å². The smallest absolute Gasteiger partial charge is 0.247 e. The fraction of sp³-hybridized carbons (Fsp3) is 1.00. The van der Waals surface area contributed by atoms with Crippen molar-refractivity contribution in [3.63, 3.8) is 0 Å². The van der Waals surface area contributed by atoms with E-state index in [-0.39, 0.29) is 15.9 Å². The van der Waals surface area contributed by atoms with Gasteiger partial charge in [0.2, 0.25) is 14.8 Å². The Balaban J connectivity index is 3.83. The average molecular weight is 313 g/mol. The first-order valence-corrected chi connectivity index (χ1v) is 12.4. The Kier molecular flexibility index (Phi) is 11.1. The summed E-state index contributed by atoms with van der Waals surface area (Å²) in [5.74, 6) is 0.453. The molecule has 0 aliphatic carbocycles. The first-order chi connectivity index (χ1) is 8.93. The van der Waals surface area contributed by atoms with Crippen LogP contribution in [0, 0.1) is 5.92 Å². The molecule has 0 saturated heterocycles. The summed E-state index contributed by atoms with van der Waals surface area (Å²) in [6.45, 7) is 6.28. The van der Waals surface area contributed by atoms with E-state index in [1.54, 1.807) is 0 Å². The minimum atomic E-state index is -2.50. The Hall–Kier alpha value is 0.224. The van der Waals surface area contributed by atoms with Crippen LogP contribution in [-0.2, 0) is 0 Å². The molecule has 116 valence electrons. The Bertz CT molecular complexity index is 207. The summed E-state index contributed by atoms with van der Waals surface area (Å²) >= 11 is 0. The van der Waals surface area contributed by atoms with Gasteiger partial charge in [-0.15, -0.1) is 0 Å². The monoisotopic (exact) mass is 312 g/mol. The second kappa shape index (κ2) is 10.9. The van der Waals surface area contributed by atoms with E-state index in [4.69, 9.17) is 0 Å². The van der Waals surface area contributed by atoms with Gasteiger partial charge in [-0.05, 0) is 24.1 Å². The molecule has 0 aromatic rings. The third-order valence-electron chi connectivity index (χ3n) is 3.73. The maximum atomic E-state index is 14.8. The fourth-order valence-electron chi connectivity index (χ4n) is 2.92. The SMILES string of the molecule is CCC[Si](F)(CCC)CC(C)CC[SiH2]CCC(F)F. The summed E-state index contributed by atoms with van der Waals surface area (Å²) < 4.78 is 38.8. The number of hydrogen-bond acceptors (Lipinski definition) is 0. The quantitative estimate of drug-likeness (QED) is 0.257. The van der Waals surface area contributed by atoms with Crippen molar-refractivity contribution in [3.8, 4) is 0 Å². The van der Waals surface area contributed by atoms with Gasteiger partial charge >= 0.3 is 0 Å². The summed E-state index contributed by atoms with van der Waals surface area (Å²) in [5.41, 5.74) is 0. The molecule has 0 aliphatic rings. The molecule has 1 unspecified atom stereocenters. The predicted molar refractivity (Wildman–Crippen MR) is 84.4 cm³/mol. The molecule has 0 radical (unpaired) electrons. The largest absolute Gasteiger partial charge is 0.314 e. The van der Waals surface area contributed by atoms with E-state index in [2.05, 4.69) is 20.8 Å². The zero-order chi connectivity index (χ0) is 14.7. The molecule has 0 aromatic heterocycles. The molecule has 0 fully saturated rings. The van der Waals surface area contributed by atoms with Gasteiger partial charge < -0.3 is 4.11 Å². The highest BCUT2D eigenvalue weighted by Gasteiger charge is 2.33. The van der Waals surface area contributed by atoms with Crippen molar-refractivity contribution >= 4 is 17.9 Å². The summed E-state index contributed by atoms with van der Waals surface area (Å²) in [6, 6.07) is 4.24. The highest BCUT2D eigenvalue weighted by Crippen LogP contribution is 2.31. The van der Waals surface area contributed by atoms with Crippen LogP contribution in [-0.4, -0.2) is 24.4 Å². The molecule has 0 rings (SSSR count).